The molecule has 2 aromatic rings. The molecule has 11 heteroatoms. The van der Waals surface area contributed by atoms with Gasteiger partial charge >= 0.3 is 6.16 Å². The Morgan fingerprint density at radius 1 is 1.13 bits per heavy atom. The molecule has 0 aliphatic carbocycles. The summed E-state index contributed by atoms with van der Waals surface area (Å²) in [5, 5.41) is 18.7. The van der Waals surface area contributed by atoms with Gasteiger partial charge < -0.3 is 24.8 Å². The summed E-state index contributed by atoms with van der Waals surface area (Å²) in [5.74, 6) is 1.54. The SMILES string of the molecule is N#CNC(=NCCCCCCOc1ccc(Cl)cc1)Nc1cc[n+](COC(=O)OCC2CCCNC2)cc1. The lowest BCUT2D eigenvalue weighted by atomic mass is 10.0. The van der Waals surface area contributed by atoms with Gasteiger partial charge in [-0.1, -0.05) is 18.0 Å². The quantitative estimate of drug-likeness (QED) is 0.0653. The standard InChI is InChI=1S/C27H35ClN6O4/c28-23-7-9-25(10-8-23)36-17-4-2-1-3-14-31-26(32-20-29)33-24-11-15-34(16-12-24)21-38-27(35)37-19-22-6-5-13-30-18-22/h7-12,15-16,22,30H,1-6,13-14,17-19,21H2,(H,31,32)/p+1. The zero-order chi connectivity index (χ0) is 26.8. The first-order chi connectivity index (χ1) is 18.6. The van der Waals surface area contributed by atoms with E-state index in [4.69, 9.17) is 31.1 Å². The van der Waals surface area contributed by atoms with Gasteiger partial charge in [0.25, 0.3) is 6.73 Å². The highest BCUT2D eigenvalue weighted by molar-refractivity contribution is 6.30. The Balaban J connectivity index is 1.29. The van der Waals surface area contributed by atoms with Crippen molar-refractivity contribution in [3.05, 3.63) is 53.8 Å². The molecule has 3 N–H and O–H groups in total. The minimum atomic E-state index is -0.674. The zero-order valence-corrected chi connectivity index (χ0v) is 22.3. The van der Waals surface area contributed by atoms with Crippen molar-refractivity contribution in [3.8, 4) is 11.9 Å². The number of carbonyl (C=O) groups excluding carboxylic acids is 1. The van der Waals surface area contributed by atoms with Crippen LogP contribution in [0.15, 0.2) is 53.8 Å². The van der Waals surface area contributed by atoms with Gasteiger partial charge in [0, 0.05) is 36.2 Å². The van der Waals surface area contributed by atoms with Crippen molar-refractivity contribution < 1.29 is 23.6 Å². The fourth-order valence-electron chi connectivity index (χ4n) is 3.83. The molecular weight excluding hydrogens is 508 g/mol. The average molecular weight is 544 g/mol. The van der Waals surface area contributed by atoms with Crippen molar-refractivity contribution in [1.29, 1.82) is 5.26 Å². The van der Waals surface area contributed by atoms with Crippen molar-refractivity contribution in [2.45, 2.75) is 45.3 Å². The predicted octanol–water partition coefficient (Wildman–Crippen LogP) is 4.22. The highest BCUT2D eigenvalue weighted by atomic mass is 35.5. The topological polar surface area (TPSA) is 121 Å². The number of rotatable bonds is 13. The van der Waals surface area contributed by atoms with Crippen molar-refractivity contribution in [1.82, 2.24) is 10.6 Å². The van der Waals surface area contributed by atoms with E-state index in [9.17, 15) is 4.79 Å². The van der Waals surface area contributed by atoms with Crippen LogP contribution in [0, 0.1) is 17.4 Å². The van der Waals surface area contributed by atoms with Gasteiger partial charge in [-0.05, 0) is 62.9 Å². The van der Waals surface area contributed by atoms with Gasteiger partial charge in [0.1, 0.15) is 5.75 Å². The number of halogens is 1. The Morgan fingerprint density at radius 3 is 2.66 bits per heavy atom. The highest BCUT2D eigenvalue weighted by Crippen LogP contribution is 2.16. The van der Waals surface area contributed by atoms with Gasteiger partial charge in [0.05, 0.1) is 18.9 Å². The van der Waals surface area contributed by atoms with Crippen molar-refractivity contribution in [2.24, 2.45) is 10.9 Å². The number of benzene rings is 1. The van der Waals surface area contributed by atoms with Crippen LogP contribution in [0.2, 0.25) is 5.02 Å². The molecule has 2 heterocycles. The normalized spacial score (nSPS) is 15.3. The molecule has 1 unspecified atom stereocenters. The first kappa shape index (κ1) is 29.0. The van der Waals surface area contributed by atoms with Crippen LogP contribution >= 0.6 is 11.6 Å². The number of aromatic nitrogens is 1. The second-order valence-corrected chi connectivity index (χ2v) is 9.39. The Morgan fingerprint density at radius 2 is 1.92 bits per heavy atom. The molecule has 1 aliphatic heterocycles. The number of carbonyl (C=O) groups is 1. The molecule has 38 heavy (non-hydrogen) atoms. The molecule has 1 aliphatic rings. The van der Waals surface area contributed by atoms with Gasteiger partial charge in [0.15, 0.2) is 18.6 Å². The molecule has 0 amide bonds. The van der Waals surface area contributed by atoms with E-state index in [-0.39, 0.29) is 6.73 Å². The molecule has 10 nitrogen and oxygen atoms in total. The van der Waals surface area contributed by atoms with Gasteiger partial charge in [0.2, 0.25) is 5.96 Å². The number of pyridine rings is 1. The Hall–Kier alpha value is -3.55. The summed E-state index contributed by atoms with van der Waals surface area (Å²) in [7, 11) is 0. The smallest absolute Gasteiger partial charge is 0.494 e. The minimum absolute atomic E-state index is 0.0458. The number of hydrogen-bond acceptors (Lipinski definition) is 7. The van der Waals surface area contributed by atoms with Crippen LogP contribution in [0.25, 0.3) is 0 Å². The molecule has 1 aromatic heterocycles. The molecule has 1 fully saturated rings. The molecule has 1 atom stereocenters. The van der Waals surface area contributed by atoms with Crippen molar-refractivity contribution >= 4 is 29.4 Å². The zero-order valence-electron chi connectivity index (χ0n) is 21.5. The van der Waals surface area contributed by atoms with Gasteiger partial charge in [-0.25, -0.2) is 4.79 Å². The van der Waals surface area contributed by atoms with E-state index in [0.29, 0.717) is 36.7 Å². The highest BCUT2D eigenvalue weighted by Gasteiger charge is 2.16. The number of nitrogens with zero attached hydrogens (tertiary/aromatic N) is 3. The summed E-state index contributed by atoms with van der Waals surface area (Å²) in [4.78, 5) is 16.3. The lowest BCUT2D eigenvalue weighted by Crippen LogP contribution is -2.36. The first-order valence-electron chi connectivity index (χ1n) is 13.0. The second kappa shape index (κ2) is 17.1. The fraction of sp³-hybridized carbons (Fsp3) is 0.481. The third-order valence-electron chi connectivity index (χ3n) is 5.90. The van der Waals surface area contributed by atoms with Crippen LogP contribution in [-0.4, -0.2) is 45.0 Å². The summed E-state index contributed by atoms with van der Waals surface area (Å²) in [6.45, 7) is 3.55. The number of nitrogens with one attached hydrogen (secondary N) is 3. The molecule has 1 aromatic carbocycles. The summed E-state index contributed by atoms with van der Waals surface area (Å²) < 4.78 is 17.8. The Kier molecular flexibility index (Phi) is 13.0. The maximum atomic E-state index is 11.9. The molecule has 0 saturated carbocycles. The number of ether oxygens (including phenoxy) is 3. The van der Waals surface area contributed by atoms with Crippen LogP contribution in [0.1, 0.15) is 38.5 Å². The van der Waals surface area contributed by atoms with Crippen LogP contribution in [0.4, 0.5) is 10.5 Å². The van der Waals surface area contributed by atoms with E-state index in [1.54, 1.807) is 29.1 Å². The average Bonchev–Trinajstić information content (AvgIpc) is 2.94. The number of anilines is 1. The van der Waals surface area contributed by atoms with Gasteiger partial charge in [-0.2, -0.15) is 9.83 Å². The number of unbranched alkanes of at least 4 members (excludes halogenated alkanes) is 3. The van der Waals surface area contributed by atoms with Crippen LogP contribution < -0.4 is 25.3 Å². The number of hydrogen-bond donors (Lipinski definition) is 3. The Bertz CT molecular complexity index is 1040. The summed E-state index contributed by atoms with van der Waals surface area (Å²) in [6.07, 6.45) is 10.8. The number of nitriles is 1. The second-order valence-electron chi connectivity index (χ2n) is 8.96. The lowest BCUT2D eigenvalue weighted by Gasteiger charge is -2.21. The third-order valence-corrected chi connectivity index (χ3v) is 6.15. The van der Waals surface area contributed by atoms with Crippen LogP contribution in [-0.2, 0) is 16.2 Å². The van der Waals surface area contributed by atoms with E-state index in [0.717, 1.165) is 63.1 Å². The van der Waals surface area contributed by atoms with Crippen molar-refractivity contribution in [2.75, 3.05) is 38.2 Å². The lowest BCUT2D eigenvalue weighted by molar-refractivity contribution is -0.727. The Labute approximate surface area is 228 Å². The molecule has 3 rings (SSSR count). The van der Waals surface area contributed by atoms with Crippen molar-refractivity contribution in [3.63, 3.8) is 0 Å². The van der Waals surface area contributed by atoms with Gasteiger partial charge in [-0.3, -0.25) is 10.3 Å². The molecule has 204 valence electrons. The first-order valence-corrected chi connectivity index (χ1v) is 13.3. The summed E-state index contributed by atoms with van der Waals surface area (Å²) >= 11 is 5.87. The van der Waals surface area contributed by atoms with E-state index in [2.05, 4.69) is 20.9 Å². The predicted molar refractivity (Wildman–Crippen MR) is 145 cm³/mol. The number of aliphatic imine (C=N–C) groups is 1. The molecular formula is C27H36ClN6O4+. The fourth-order valence-corrected chi connectivity index (χ4v) is 3.95. The van der Waals surface area contributed by atoms with Crippen LogP contribution in [0.3, 0.4) is 0 Å². The molecule has 0 spiro atoms. The monoisotopic (exact) mass is 543 g/mol. The van der Waals surface area contributed by atoms with E-state index < -0.39 is 6.16 Å². The van der Waals surface area contributed by atoms with E-state index in [1.807, 2.05) is 30.5 Å². The third kappa shape index (κ3) is 11.7. The van der Waals surface area contributed by atoms with E-state index in [1.165, 1.54) is 0 Å². The number of piperidine rings is 1. The molecule has 0 radical (unpaired) electrons. The van der Waals surface area contributed by atoms with E-state index >= 15 is 0 Å². The summed E-state index contributed by atoms with van der Waals surface area (Å²) in [6, 6.07) is 11.0. The maximum Gasteiger partial charge on any atom is 0.513 e. The van der Waals surface area contributed by atoms with Gasteiger partial charge in [-0.15, -0.1) is 0 Å². The summed E-state index contributed by atoms with van der Waals surface area (Å²) in [5.41, 5.74) is 0.745. The minimum Gasteiger partial charge on any atom is -0.494 e. The molecule has 1 saturated heterocycles. The largest absolute Gasteiger partial charge is 0.513 e. The van der Waals surface area contributed by atoms with Crippen LogP contribution in [0.5, 0.6) is 5.75 Å². The maximum absolute atomic E-state index is 11.9. The number of guanidine groups is 1. The molecule has 0 bridgehead atoms.